The van der Waals surface area contributed by atoms with Crippen LogP contribution in [-0.4, -0.2) is 14.6 Å². The summed E-state index contributed by atoms with van der Waals surface area (Å²) < 4.78 is 65.5. The minimum Gasteiger partial charge on any atom is -0.196 e. The molecule has 0 spiro atoms. The fourth-order valence-electron chi connectivity index (χ4n) is 3.19. The highest BCUT2D eigenvalue weighted by Crippen LogP contribution is 2.45. The molecule has 0 saturated carbocycles. The predicted molar refractivity (Wildman–Crippen MR) is 103 cm³/mol. The Morgan fingerprint density at radius 1 is 0.966 bits per heavy atom. The van der Waals surface area contributed by atoms with E-state index >= 15 is 0 Å². The molecule has 1 atom stereocenters. The van der Waals surface area contributed by atoms with Gasteiger partial charge in [-0.2, -0.15) is 21.6 Å². The van der Waals surface area contributed by atoms with E-state index in [9.17, 15) is 26.5 Å². The van der Waals surface area contributed by atoms with Crippen molar-refractivity contribution in [3.63, 3.8) is 0 Å². The fraction of sp³-hybridized carbons (Fsp3) is 0.0952. The van der Waals surface area contributed by atoms with Gasteiger partial charge < -0.3 is 0 Å². The van der Waals surface area contributed by atoms with Crippen LogP contribution in [0.5, 0.6) is 0 Å². The van der Waals surface area contributed by atoms with Crippen molar-refractivity contribution < 1.29 is 21.6 Å². The van der Waals surface area contributed by atoms with E-state index in [1.165, 1.54) is 0 Å². The zero-order valence-corrected chi connectivity index (χ0v) is 15.5. The number of hydrogen-bond donors (Lipinski definition) is 0. The van der Waals surface area contributed by atoms with Crippen molar-refractivity contribution in [2.24, 2.45) is 10.5 Å². The zero-order chi connectivity index (χ0) is 20.8. The second-order valence-corrected chi connectivity index (χ2v) is 8.13. The van der Waals surface area contributed by atoms with Crippen LogP contribution in [0.15, 0.2) is 87.6 Å². The van der Waals surface area contributed by atoms with Gasteiger partial charge in [0, 0.05) is 11.1 Å². The van der Waals surface area contributed by atoms with Crippen LogP contribution in [-0.2, 0) is 10.0 Å². The van der Waals surface area contributed by atoms with Crippen molar-refractivity contribution >= 4 is 15.6 Å². The molecule has 0 saturated heterocycles. The number of fused-ring (bicyclic) bond motifs is 1. The molecule has 0 fully saturated rings. The number of alkyl halides is 3. The summed E-state index contributed by atoms with van der Waals surface area (Å²) in [6, 6.07) is 15.0. The summed E-state index contributed by atoms with van der Waals surface area (Å²) in [5.74, 6) is -2.02. The van der Waals surface area contributed by atoms with E-state index in [0.29, 0.717) is 11.6 Å². The van der Waals surface area contributed by atoms with Crippen LogP contribution in [0.1, 0.15) is 11.1 Å². The van der Waals surface area contributed by atoms with Crippen molar-refractivity contribution in [1.82, 2.24) is 0 Å². The standard InChI is InChI=1S/C21H12F3NO3S/c22-21(23,24)20-9-7-16(29(27,28)25-26)10-15(20)12-19-17-8-6-14(11-18(17)19)13-4-2-1-3-5-13/h1-11,20H. The summed E-state index contributed by atoms with van der Waals surface area (Å²) in [5.41, 5.74) is 6.18. The molecule has 0 aliphatic heterocycles. The first-order chi connectivity index (χ1) is 13.7. The number of sulfonamides is 1. The van der Waals surface area contributed by atoms with Crippen LogP contribution in [0.2, 0.25) is 0 Å². The lowest BCUT2D eigenvalue weighted by molar-refractivity contribution is -0.150. The Bertz CT molecular complexity index is 1250. The molecule has 0 amide bonds. The summed E-state index contributed by atoms with van der Waals surface area (Å²) in [7, 11) is -4.54. The van der Waals surface area contributed by atoms with E-state index in [0.717, 1.165) is 34.4 Å². The average molecular weight is 415 g/mol. The first-order valence-corrected chi connectivity index (χ1v) is 9.92. The van der Waals surface area contributed by atoms with Crippen LogP contribution >= 0.6 is 0 Å². The quantitative estimate of drug-likeness (QED) is 0.428. The maximum absolute atomic E-state index is 13.4. The predicted octanol–water partition coefficient (Wildman–Crippen LogP) is 5.35. The van der Waals surface area contributed by atoms with Crippen LogP contribution < -0.4 is 0 Å². The van der Waals surface area contributed by atoms with Crippen molar-refractivity contribution in [3.8, 4) is 11.1 Å². The molecule has 2 aromatic carbocycles. The Morgan fingerprint density at radius 2 is 1.69 bits per heavy atom. The van der Waals surface area contributed by atoms with E-state index in [1.807, 2.05) is 47.0 Å². The molecule has 0 heterocycles. The molecule has 2 aliphatic carbocycles. The SMILES string of the molecule is O=NS(=O)(=O)C1=CC(=C=C2c3ccc(-c4ccccc4)cc32)C(C(F)(F)F)C=C1. The van der Waals surface area contributed by atoms with Gasteiger partial charge in [0.05, 0.1) is 9.49 Å². The smallest absolute Gasteiger partial charge is 0.196 e. The summed E-state index contributed by atoms with van der Waals surface area (Å²) in [6.07, 6.45) is -2.38. The summed E-state index contributed by atoms with van der Waals surface area (Å²) in [6.45, 7) is 0. The molecule has 4 rings (SSSR count). The monoisotopic (exact) mass is 415 g/mol. The van der Waals surface area contributed by atoms with Gasteiger partial charge in [0.1, 0.15) is 5.92 Å². The Labute approximate surface area is 164 Å². The van der Waals surface area contributed by atoms with Gasteiger partial charge in [-0.3, -0.25) is 0 Å². The first-order valence-electron chi connectivity index (χ1n) is 8.48. The first kappa shape index (κ1) is 19.1. The second-order valence-electron chi connectivity index (χ2n) is 6.56. The normalized spacial score (nSPS) is 18.0. The third-order valence-electron chi connectivity index (χ3n) is 4.71. The largest absolute Gasteiger partial charge is 0.399 e. The highest BCUT2D eigenvalue weighted by Gasteiger charge is 2.42. The fourth-order valence-corrected chi connectivity index (χ4v) is 3.81. The molecule has 2 aromatic rings. The molecule has 0 bridgehead atoms. The van der Waals surface area contributed by atoms with E-state index in [-0.39, 0.29) is 5.57 Å². The molecular formula is C21H12F3NO3S. The maximum Gasteiger partial charge on any atom is 0.399 e. The Hall–Kier alpha value is -3.22. The summed E-state index contributed by atoms with van der Waals surface area (Å²) in [5, 5.41) is 0. The number of benzene rings is 2. The van der Waals surface area contributed by atoms with Crippen LogP contribution in [0.4, 0.5) is 13.2 Å². The van der Waals surface area contributed by atoms with Crippen LogP contribution in [0.25, 0.3) is 16.7 Å². The Kier molecular flexibility index (Phi) is 4.41. The third-order valence-corrected chi connectivity index (χ3v) is 5.75. The number of halogens is 3. The van der Waals surface area contributed by atoms with Gasteiger partial charge in [-0.25, -0.2) is 0 Å². The molecule has 146 valence electrons. The van der Waals surface area contributed by atoms with Crippen LogP contribution in [0, 0.1) is 10.8 Å². The van der Waals surface area contributed by atoms with Gasteiger partial charge in [0.25, 0.3) is 0 Å². The Morgan fingerprint density at radius 3 is 2.34 bits per heavy atom. The lowest BCUT2D eigenvalue weighted by Crippen LogP contribution is -2.24. The van der Waals surface area contributed by atoms with Gasteiger partial charge in [0.15, 0.2) is 0 Å². The molecule has 4 nitrogen and oxygen atoms in total. The van der Waals surface area contributed by atoms with E-state index in [4.69, 9.17) is 0 Å². The van der Waals surface area contributed by atoms with Crippen molar-refractivity contribution in [2.45, 2.75) is 6.18 Å². The molecule has 0 N–H and O–H groups in total. The number of nitroso groups, excluding NO2 is 1. The lowest BCUT2D eigenvalue weighted by atomic mass is 9.94. The molecule has 8 heteroatoms. The minimum atomic E-state index is -4.63. The van der Waals surface area contributed by atoms with E-state index < -0.39 is 27.0 Å². The van der Waals surface area contributed by atoms with Gasteiger partial charge in [-0.1, -0.05) is 48.5 Å². The highest BCUT2D eigenvalue weighted by molar-refractivity contribution is 7.94. The van der Waals surface area contributed by atoms with Crippen LogP contribution in [0.3, 0.4) is 0 Å². The molecule has 29 heavy (non-hydrogen) atoms. The zero-order valence-electron chi connectivity index (χ0n) is 14.6. The molecule has 0 radical (unpaired) electrons. The van der Waals surface area contributed by atoms with Crippen molar-refractivity contribution in [2.75, 3.05) is 0 Å². The van der Waals surface area contributed by atoms with E-state index in [1.54, 1.807) is 6.07 Å². The van der Waals surface area contributed by atoms with Gasteiger partial charge in [-0.05, 0) is 40.5 Å². The topological polar surface area (TPSA) is 63.6 Å². The molecule has 0 aromatic heterocycles. The van der Waals surface area contributed by atoms with Gasteiger partial charge in [0.2, 0.25) is 0 Å². The summed E-state index contributed by atoms with van der Waals surface area (Å²) in [4.78, 5) is 9.93. The molecule has 1 unspecified atom stereocenters. The molecular weight excluding hydrogens is 403 g/mol. The van der Waals surface area contributed by atoms with E-state index in [2.05, 4.69) is 5.73 Å². The Balaban J connectivity index is 1.81. The highest BCUT2D eigenvalue weighted by atomic mass is 32.2. The number of nitrogens with zero attached hydrogens (tertiary/aromatic N) is 1. The number of hydrogen-bond acceptors (Lipinski definition) is 3. The molecule has 2 aliphatic rings. The van der Waals surface area contributed by atoms with Crippen molar-refractivity contribution in [1.29, 1.82) is 0 Å². The average Bonchev–Trinajstić information content (AvgIpc) is 3.39. The minimum absolute atomic E-state index is 0.380. The lowest BCUT2D eigenvalue weighted by Gasteiger charge is -2.20. The maximum atomic E-state index is 13.4. The summed E-state index contributed by atoms with van der Waals surface area (Å²) >= 11 is 0. The second kappa shape index (κ2) is 6.69. The number of rotatable bonds is 3. The number of allylic oxidation sites excluding steroid dienone is 4. The third kappa shape index (κ3) is 3.60. The van der Waals surface area contributed by atoms with Gasteiger partial charge >= 0.3 is 16.2 Å². The van der Waals surface area contributed by atoms with Gasteiger partial charge in [-0.15, -0.1) is 10.6 Å². The van der Waals surface area contributed by atoms with Crippen molar-refractivity contribution in [3.05, 3.63) is 99.0 Å².